The minimum Gasteiger partial charge on any atom is -0.351 e. The minimum atomic E-state index is -0.458. The molecule has 8 heteroatoms. The summed E-state index contributed by atoms with van der Waals surface area (Å²) in [5, 5.41) is 6.26. The van der Waals surface area contributed by atoms with Crippen molar-refractivity contribution in [3.05, 3.63) is 29.8 Å². The first-order valence-electron chi connectivity index (χ1n) is 11.3. The largest absolute Gasteiger partial charge is 0.351 e. The first kappa shape index (κ1) is 21.9. The Morgan fingerprint density at radius 2 is 1.68 bits per heavy atom. The van der Waals surface area contributed by atoms with E-state index in [0.29, 0.717) is 11.3 Å². The number of hydrogen-bond acceptors (Lipinski definition) is 5. The normalized spacial score (nSPS) is 22.2. The summed E-state index contributed by atoms with van der Waals surface area (Å²) in [6, 6.07) is 7.17. The summed E-state index contributed by atoms with van der Waals surface area (Å²) in [5.74, 6) is -0.517. The molecule has 1 saturated carbocycles. The lowest BCUT2D eigenvalue weighted by molar-refractivity contribution is -0.121. The standard InChI is InChI=1S/C23H30N4O3S/c28-20(15-19-22(30)26-23(31-19)27-13-5-6-14-27)24-18-11-9-16(10-12-18)21(29)25-17-7-3-1-2-4-8-17/h9-12,17,19H,1-8,13-15H2,(H,24,28)(H,25,29)/t19-/m0/s1. The van der Waals surface area contributed by atoms with Gasteiger partial charge in [-0.15, -0.1) is 0 Å². The van der Waals surface area contributed by atoms with Crippen LogP contribution in [0.25, 0.3) is 0 Å². The molecule has 1 atom stereocenters. The number of carbonyl (C=O) groups is 3. The molecule has 7 nitrogen and oxygen atoms in total. The molecule has 2 fully saturated rings. The number of amidine groups is 1. The summed E-state index contributed by atoms with van der Waals surface area (Å²) in [4.78, 5) is 43.4. The van der Waals surface area contributed by atoms with Gasteiger partial charge < -0.3 is 15.5 Å². The van der Waals surface area contributed by atoms with E-state index in [9.17, 15) is 14.4 Å². The Labute approximate surface area is 187 Å². The molecule has 3 aliphatic rings. The Morgan fingerprint density at radius 1 is 1.00 bits per heavy atom. The lowest BCUT2D eigenvalue weighted by atomic mass is 10.1. The number of thioether (sulfide) groups is 1. The molecule has 4 rings (SSSR count). The topological polar surface area (TPSA) is 90.9 Å². The highest BCUT2D eigenvalue weighted by Crippen LogP contribution is 2.29. The summed E-state index contributed by atoms with van der Waals surface area (Å²) in [6.45, 7) is 1.86. The summed E-state index contributed by atoms with van der Waals surface area (Å²) >= 11 is 1.39. The number of nitrogens with zero attached hydrogens (tertiary/aromatic N) is 2. The molecule has 2 N–H and O–H groups in total. The van der Waals surface area contributed by atoms with Gasteiger partial charge in [0.05, 0.1) is 0 Å². The SMILES string of the molecule is O=C(C[C@@H]1SC(N2CCCC2)=NC1=O)Nc1ccc(C(=O)NC2CCCCCC2)cc1. The van der Waals surface area contributed by atoms with E-state index in [0.717, 1.165) is 43.9 Å². The fourth-order valence-corrected chi connectivity index (χ4v) is 5.45. The maximum Gasteiger partial charge on any atom is 0.262 e. The van der Waals surface area contributed by atoms with Gasteiger partial charge in [0.1, 0.15) is 5.25 Å². The van der Waals surface area contributed by atoms with E-state index >= 15 is 0 Å². The molecule has 1 saturated heterocycles. The highest BCUT2D eigenvalue weighted by atomic mass is 32.2. The van der Waals surface area contributed by atoms with Gasteiger partial charge in [0.25, 0.3) is 11.8 Å². The Bertz CT molecular complexity index is 841. The number of anilines is 1. The first-order valence-corrected chi connectivity index (χ1v) is 12.2. The maximum absolute atomic E-state index is 12.5. The van der Waals surface area contributed by atoms with Crippen molar-refractivity contribution in [2.24, 2.45) is 4.99 Å². The summed E-state index contributed by atoms with van der Waals surface area (Å²) in [7, 11) is 0. The van der Waals surface area contributed by atoms with Gasteiger partial charge in [-0.1, -0.05) is 37.4 Å². The van der Waals surface area contributed by atoms with Crippen molar-refractivity contribution in [2.45, 2.75) is 69.1 Å². The van der Waals surface area contributed by atoms with Crippen LogP contribution in [0.4, 0.5) is 5.69 Å². The van der Waals surface area contributed by atoms with Crippen LogP contribution in [0.15, 0.2) is 29.3 Å². The zero-order valence-electron chi connectivity index (χ0n) is 17.8. The number of amides is 3. The predicted molar refractivity (Wildman–Crippen MR) is 123 cm³/mol. The third kappa shape index (κ3) is 5.87. The Morgan fingerprint density at radius 3 is 2.35 bits per heavy atom. The molecule has 3 amide bonds. The second-order valence-corrected chi connectivity index (χ2v) is 9.69. The summed E-state index contributed by atoms with van der Waals surface area (Å²) < 4.78 is 0. The number of carbonyl (C=O) groups excluding carboxylic acids is 3. The predicted octanol–water partition coefficient (Wildman–Crippen LogP) is 3.56. The molecule has 31 heavy (non-hydrogen) atoms. The van der Waals surface area contributed by atoms with Crippen LogP contribution in [0.5, 0.6) is 0 Å². The molecule has 0 aromatic heterocycles. The van der Waals surface area contributed by atoms with Crippen LogP contribution >= 0.6 is 11.8 Å². The molecule has 1 aromatic carbocycles. The van der Waals surface area contributed by atoms with Crippen LogP contribution < -0.4 is 10.6 Å². The third-order valence-corrected chi connectivity index (χ3v) is 7.31. The Kier molecular flexibility index (Phi) is 7.27. The highest BCUT2D eigenvalue weighted by molar-refractivity contribution is 8.15. The molecule has 0 radical (unpaired) electrons. The van der Waals surface area contributed by atoms with Crippen molar-refractivity contribution >= 4 is 40.3 Å². The molecule has 0 unspecified atom stereocenters. The molecule has 0 spiro atoms. The van der Waals surface area contributed by atoms with Crippen molar-refractivity contribution in [3.63, 3.8) is 0 Å². The lowest BCUT2D eigenvalue weighted by Gasteiger charge is -2.16. The molecular formula is C23H30N4O3S. The summed E-state index contributed by atoms with van der Waals surface area (Å²) in [6.07, 6.45) is 9.25. The molecular weight excluding hydrogens is 412 g/mol. The van der Waals surface area contributed by atoms with Gasteiger partial charge in [0, 0.05) is 36.8 Å². The number of likely N-dealkylation sites (tertiary alicyclic amines) is 1. The average Bonchev–Trinajstić information content (AvgIpc) is 3.33. The van der Waals surface area contributed by atoms with Crippen LogP contribution in [0, 0.1) is 0 Å². The number of rotatable bonds is 5. The molecule has 2 heterocycles. The van der Waals surface area contributed by atoms with E-state index in [2.05, 4.69) is 20.5 Å². The third-order valence-electron chi connectivity index (χ3n) is 6.10. The van der Waals surface area contributed by atoms with Crippen molar-refractivity contribution in [3.8, 4) is 0 Å². The molecule has 0 bridgehead atoms. The smallest absolute Gasteiger partial charge is 0.262 e. The zero-order valence-corrected chi connectivity index (χ0v) is 18.6. The second-order valence-electron chi connectivity index (χ2n) is 8.52. The van der Waals surface area contributed by atoms with Crippen molar-refractivity contribution in [2.75, 3.05) is 18.4 Å². The Balaban J connectivity index is 1.25. The number of hydrogen-bond donors (Lipinski definition) is 2. The van der Waals surface area contributed by atoms with Crippen LogP contribution in [0.2, 0.25) is 0 Å². The molecule has 166 valence electrons. The van der Waals surface area contributed by atoms with Crippen LogP contribution in [-0.2, 0) is 9.59 Å². The highest BCUT2D eigenvalue weighted by Gasteiger charge is 2.33. The zero-order chi connectivity index (χ0) is 21.6. The summed E-state index contributed by atoms with van der Waals surface area (Å²) in [5.41, 5.74) is 1.21. The van der Waals surface area contributed by atoms with Gasteiger partial charge in [-0.25, -0.2) is 0 Å². The van der Waals surface area contributed by atoms with Crippen LogP contribution in [0.3, 0.4) is 0 Å². The first-order chi connectivity index (χ1) is 15.1. The van der Waals surface area contributed by atoms with E-state index in [1.807, 2.05) is 0 Å². The van der Waals surface area contributed by atoms with Gasteiger partial charge >= 0.3 is 0 Å². The second kappa shape index (κ2) is 10.3. The quantitative estimate of drug-likeness (QED) is 0.681. The van der Waals surface area contributed by atoms with Crippen LogP contribution in [-0.4, -0.2) is 52.2 Å². The minimum absolute atomic E-state index is 0.0654. The van der Waals surface area contributed by atoms with E-state index < -0.39 is 5.25 Å². The van der Waals surface area contributed by atoms with Gasteiger partial charge in [-0.3, -0.25) is 14.4 Å². The Hall–Kier alpha value is -2.35. The van der Waals surface area contributed by atoms with Crippen LogP contribution in [0.1, 0.15) is 68.1 Å². The maximum atomic E-state index is 12.5. The van der Waals surface area contributed by atoms with Gasteiger partial charge in [0.2, 0.25) is 5.91 Å². The van der Waals surface area contributed by atoms with Gasteiger partial charge in [0.15, 0.2) is 5.17 Å². The fourth-order valence-electron chi connectivity index (χ4n) is 4.33. The lowest BCUT2D eigenvalue weighted by Crippen LogP contribution is -2.34. The van der Waals surface area contributed by atoms with E-state index in [-0.39, 0.29) is 30.2 Å². The van der Waals surface area contributed by atoms with E-state index in [4.69, 9.17) is 0 Å². The van der Waals surface area contributed by atoms with Crippen molar-refractivity contribution < 1.29 is 14.4 Å². The monoisotopic (exact) mass is 442 g/mol. The number of nitrogens with one attached hydrogen (secondary N) is 2. The van der Waals surface area contributed by atoms with E-state index in [1.54, 1.807) is 24.3 Å². The van der Waals surface area contributed by atoms with Gasteiger partial charge in [-0.2, -0.15) is 4.99 Å². The van der Waals surface area contributed by atoms with Crippen molar-refractivity contribution in [1.29, 1.82) is 0 Å². The van der Waals surface area contributed by atoms with Gasteiger partial charge in [-0.05, 0) is 49.9 Å². The fraction of sp³-hybridized carbons (Fsp3) is 0.565. The van der Waals surface area contributed by atoms with Crippen molar-refractivity contribution in [1.82, 2.24) is 10.2 Å². The van der Waals surface area contributed by atoms with E-state index in [1.165, 1.54) is 37.4 Å². The molecule has 1 aliphatic carbocycles. The molecule has 2 aliphatic heterocycles. The number of aliphatic imine (C=N–C) groups is 1. The molecule has 1 aromatic rings. The average molecular weight is 443 g/mol. The number of benzene rings is 1.